The third kappa shape index (κ3) is 2.38. The molecule has 4 nitrogen and oxygen atoms in total. The molecule has 2 rings (SSSR count). The lowest BCUT2D eigenvalue weighted by molar-refractivity contribution is 0.223. The van der Waals surface area contributed by atoms with Gasteiger partial charge in [-0.1, -0.05) is 17.3 Å². The fourth-order valence-corrected chi connectivity index (χ4v) is 1.50. The summed E-state index contributed by atoms with van der Waals surface area (Å²) in [7, 11) is 0. The number of hydrogen-bond acceptors (Lipinski definition) is 4. The Morgan fingerprint density at radius 1 is 1.16 bits per heavy atom. The molecular formula is C14H18FN3O. The smallest absolute Gasteiger partial charge is 0.234 e. The van der Waals surface area contributed by atoms with E-state index in [-0.39, 0.29) is 11.6 Å². The lowest BCUT2D eigenvalue weighted by Crippen LogP contribution is -2.50. The SMILES string of the molecule is CC(C)(N)C(C)(C)c1nc(-c2ccccc2F)no1. The summed E-state index contributed by atoms with van der Waals surface area (Å²) in [5, 5.41) is 3.85. The molecule has 0 atom stereocenters. The Morgan fingerprint density at radius 3 is 2.37 bits per heavy atom. The van der Waals surface area contributed by atoms with Crippen LogP contribution in [-0.4, -0.2) is 15.7 Å². The van der Waals surface area contributed by atoms with E-state index in [0.717, 1.165) is 0 Å². The van der Waals surface area contributed by atoms with Crippen LogP contribution in [-0.2, 0) is 5.41 Å². The lowest BCUT2D eigenvalue weighted by Gasteiger charge is -2.34. The molecule has 0 bridgehead atoms. The summed E-state index contributed by atoms with van der Waals surface area (Å²) < 4.78 is 18.9. The van der Waals surface area contributed by atoms with Gasteiger partial charge >= 0.3 is 0 Å². The summed E-state index contributed by atoms with van der Waals surface area (Å²) in [6.07, 6.45) is 0. The number of rotatable bonds is 3. The van der Waals surface area contributed by atoms with Gasteiger partial charge in [-0.25, -0.2) is 4.39 Å². The standard InChI is InChI=1S/C14H18FN3O/c1-13(2,14(3,4)16)12-17-11(18-19-12)9-7-5-6-8-10(9)15/h5-8H,16H2,1-4H3. The Labute approximate surface area is 111 Å². The Balaban J connectivity index is 2.43. The van der Waals surface area contributed by atoms with Crippen LogP contribution in [0.25, 0.3) is 11.4 Å². The molecular weight excluding hydrogens is 245 g/mol. The van der Waals surface area contributed by atoms with Gasteiger partial charge in [0.1, 0.15) is 5.82 Å². The number of halogens is 1. The zero-order valence-electron chi connectivity index (χ0n) is 11.6. The van der Waals surface area contributed by atoms with Crippen LogP contribution in [0.3, 0.4) is 0 Å². The van der Waals surface area contributed by atoms with Crippen LogP contribution in [0.2, 0.25) is 0 Å². The molecule has 2 N–H and O–H groups in total. The quantitative estimate of drug-likeness (QED) is 0.924. The predicted molar refractivity (Wildman–Crippen MR) is 71.0 cm³/mol. The third-order valence-electron chi connectivity index (χ3n) is 3.69. The fourth-order valence-electron chi connectivity index (χ4n) is 1.50. The Hall–Kier alpha value is -1.75. The van der Waals surface area contributed by atoms with Gasteiger partial charge in [-0.2, -0.15) is 4.98 Å². The Kier molecular flexibility index (Phi) is 3.18. The van der Waals surface area contributed by atoms with Crippen molar-refractivity contribution in [2.75, 3.05) is 0 Å². The van der Waals surface area contributed by atoms with Crippen molar-refractivity contribution in [1.29, 1.82) is 0 Å². The average Bonchev–Trinajstić information content (AvgIpc) is 2.77. The molecule has 0 aliphatic rings. The number of nitrogens with zero attached hydrogens (tertiary/aromatic N) is 2. The second-order valence-corrected chi connectivity index (χ2v) is 5.75. The van der Waals surface area contributed by atoms with Gasteiger partial charge in [-0.05, 0) is 39.8 Å². The zero-order chi connectivity index (χ0) is 14.3. The highest BCUT2D eigenvalue weighted by Crippen LogP contribution is 2.33. The number of nitrogens with two attached hydrogens (primary N) is 1. The molecule has 1 aromatic heterocycles. The van der Waals surface area contributed by atoms with Crippen LogP contribution in [0.5, 0.6) is 0 Å². The van der Waals surface area contributed by atoms with Crippen molar-refractivity contribution in [3.63, 3.8) is 0 Å². The minimum atomic E-state index is -0.536. The molecule has 102 valence electrons. The van der Waals surface area contributed by atoms with E-state index in [4.69, 9.17) is 10.3 Å². The van der Waals surface area contributed by atoms with Gasteiger partial charge in [0.2, 0.25) is 11.7 Å². The largest absolute Gasteiger partial charge is 0.338 e. The lowest BCUT2D eigenvalue weighted by atomic mass is 9.75. The first-order chi connectivity index (χ1) is 8.73. The maximum atomic E-state index is 13.7. The molecule has 19 heavy (non-hydrogen) atoms. The molecule has 0 fully saturated rings. The van der Waals surface area contributed by atoms with Gasteiger partial charge in [-0.15, -0.1) is 0 Å². The number of hydrogen-bond donors (Lipinski definition) is 1. The van der Waals surface area contributed by atoms with Crippen LogP contribution in [0.4, 0.5) is 4.39 Å². The van der Waals surface area contributed by atoms with Gasteiger partial charge in [0.25, 0.3) is 0 Å². The summed E-state index contributed by atoms with van der Waals surface area (Å²) in [5.41, 5.74) is 5.40. The van der Waals surface area contributed by atoms with Gasteiger partial charge in [-0.3, -0.25) is 0 Å². The molecule has 0 aliphatic carbocycles. The van der Waals surface area contributed by atoms with Crippen LogP contribution in [0.1, 0.15) is 33.6 Å². The minimum absolute atomic E-state index is 0.241. The summed E-state index contributed by atoms with van der Waals surface area (Å²) in [5.74, 6) is 0.267. The molecule has 5 heteroatoms. The molecule has 2 aromatic rings. The monoisotopic (exact) mass is 263 g/mol. The van der Waals surface area contributed by atoms with E-state index in [2.05, 4.69) is 10.1 Å². The van der Waals surface area contributed by atoms with E-state index in [1.165, 1.54) is 6.07 Å². The second kappa shape index (κ2) is 4.42. The molecule has 0 saturated heterocycles. The molecule has 0 radical (unpaired) electrons. The molecule has 0 saturated carbocycles. The molecule has 1 aromatic carbocycles. The first-order valence-corrected chi connectivity index (χ1v) is 6.11. The van der Waals surface area contributed by atoms with E-state index >= 15 is 0 Å². The normalized spacial score (nSPS) is 12.7. The molecule has 0 amide bonds. The van der Waals surface area contributed by atoms with Gasteiger partial charge in [0, 0.05) is 5.54 Å². The fraction of sp³-hybridized carbons (Fsp3) is 0.429. The van der Waals surface area contributed by atoms with Crippen molar-refractivity contribution < 1.29 is 8.91 Å². The summed E-state index contributed by atoms with van der Waals surface area (Å²) in [6, 6.07) is 6.33. The predicted octanol–water partition coefficient (Wildman–Crippen LogP) is 2.89. The molecule has 0 unspecified atom stereocenters. The van der Waals surface area contributed by atoms with Crippen LogP contribution in [0.15, 0.2) is 28.8 Å². The van der Waals surface area contributed by atoms with E-state index < -0.39 is 11.0 Å². The van der Waals surface area contributed by atoms with E-state index in [9.17, 15) is 4.39 Å². The topological polar surface area (TPSA) is 64.9 Å². The maximum Gasteiger partial charge on any atom is 0.234 e. The van der Waals surface area contributed by atoms with Crippen molar-refractivity contribution >= 4 is 0 Å². The van der Waals surface area contributed by atoms with Crippen LogP contribution < -0.4 is 5.73 Å². The van der Waals surface area contributed by atoms with Crippen molar-refractivity contribution in [1.82, 2.24) is 10.1 Å². The van der Waals surface area contributed by atoms with Gasteiger partial charge in [0.05, 0.1) is 11.0 Å². The zero-order valence-corrected chi connectivity index (χ0v) is 11.6. The highest BCUT2D eigenvalue weighted by atomic mass is 19.1. The van der Waals surface area contributed by atoms with Crippen molar-refractivity contribution in [2.24, 2.45) is 5.73 Å². The van der Waals surface area contributed by atoms with E-state index in [1.54, 1.807) is 18.2 Å². The minimum Gasteiger partial charge on any atom is -0.338 e. The summed E-state index contributed by atoms with van der Waals surface area (Å²) >= 11 is 0. The Bertz CT molecular complexity index is 584. The highest BCUT2D eigenvalue weighted by molar-refractivity contribution is 5.54. The van der Waals surface area contributed by atoms with Crippen LogP contribution >= 0.6 is 0 Å². The maximum absolute atomic E-state index is 13.7. The van der Waals surface area contributed by atoms with Crippen molar-refractivity contribution in [3.8, 4) is 11.4 Å². The number of aromatic nitrogens is 2. The average molecular weight is 263 g/mol. The molecule has 0 aliphatic heterocycles. The summed E-state index contributed by atoms with van der Waals surface area (Å²) in [4.78, 5) is 4.28. The third-order valence-corrected chi connectivity index (χ3v) is 3.69. The molecule has 0 spiro atoms. The van der Waals surface area contributed by atoms with Gasteiger partial charge < -0.3 is 10.3 Å². The second-order valence-electron chi connectivity index (χ2n) is 5.75. The first-order valence-electron chi connectivity index (χ1n) is 6.11. The van der Waals surface area contributed by atoms with Crippen LogP contribution in [0, 0.1) is 5.82 Å². The summed E-state index contributed by atoms with van der Waals surface area (Å²) in [6.45, 7) is 7.62. The van der Waals surface area contributed by atoms with Gasteiger partial charge in [0.15, 0.2) is 0 Å². The van der Waals surface area contributed by atoms with Crippen molar-refractivity contribution in [2.45, 2.75) is 38.6 Å². The van der Waals surface area contributed by atoms with E-state index in [1.807, 2.05) is 27.7 Å². The first kappa shape index (κ1) is 13.7. The van der Waals surface area contributed by atoms with E-state index in [0.29, 0.717) is 11.5 Å². The number of benzene rings is 1. The van der Waals surface area contributed by atoms with Crippen molar-refractivity contribution in [3.05, 3.63) is 36.0 Å². The Morgan fingerprint density at radius 2 is 1.79 bits per heavy atom. The molecule has 1 heterocycles. The highest BCUT2D eigenvalue weighted by Gasteiger charge is 2.40.